The fourth-order valence-electron chi connectivity index (χ4n) is 2.29. The van der Waals surface area contributed by atoms with Crippen LogP contribution < -0.4 is 5.32 Å². The molecule has 2 unspecified atom stereocenters. The van der Waals surface area contributed by atoms with Crippen molar-refractivity contribution < 1.29 is 19.8 Å². The first kappa shape index (κ1) is 14.8. The Morgan fingerprint density at radius 2 is 2.00 bits per heavy atom. The molecule has 2 rings (SSSR count). The summed E-state index contributed by atoms with van der Waals surface area (Å²) in [6.07, 6.45) is 1.98. The van der Waals surface area contributed by atoms with E-state index in [0.717, 1.165) is 32.1 Å². The molecular weight excluding hydrogens is 363 g/mol. The Morgan fingerprint density at radius 3 is 2.37 bits per heavy atom. The van der Waals surface area contributed by atoms with Crippen LogP contribution in [-0.4, -0.2) is 48.8 Å². The van der Waals surface area contributed by atoms with Crippen LogP contribution in [0.3, 0.4) is 0 Å². The summed E-state index contributed by atoms with van der Waals surface area (Å²) >= 11 is 2.12. The standard InChI is InChI=1S/C12H19IN2O4/c1-7(9(16)10(17)14-8-3-4-8)15(11(18)19)12(13)5-2-6-12/h7-9,16H,2-6H2,1H3,(H,14,17)(H,18,19). The molecule has 3 N–H and O–H groups in total. The second-order valence-electron chi connectivity index (χ2n) is 5.39. The van der Waals surface area contributed by atoms with E-state index in [1.165, 1.54) is 4.90 Å². The molecule has 2 amide bonds. The van der Waals surface area contributed by atoms with Gasteiger partial charge in [-0.25, -0.2) is 4.79 Å². The molecule has 2 aliphatic carbocycles. The number of halogens is 1. The molecule has 0 radical (unpaired) electrons. The molecule has 0 heterocycles. The van der Waals surface area contributed by atoms with Gasteiger partial charge in [0.2, 0.25) is 0 Å². The van der Waals surface area contributed by atoms with Crippen molar-refractivity contribution in [3.63, 3.8) is 0 Å². The highest BCUT2D eigenvalue weighted by atomic mass is 127. The zero-order valence-corrected chi connectivity index (χ0v) is 13.0. The molecule has 0 spiro atoms. The van der Waals surface area contributed by atoms with E-state index in [1.807, 2.05) is 0 Å². The first-order chi connectivity index (χ1) is 8.85. The van der Waals surface area contributed by atoms with E-state index in [2.05, 4.69) is 27.9 Å². The maximum absolute atomic E-state index is 11.8. The largest absolute Gasteiger partial charge is 0.465 e. The molecule has 0 aromatic rings. The van der Waals surface area contributed by atoms with Crippen molar-refractivity contribution in [2.75, 3.05) is 0 Å². The lowest BCUT2D eigenvalue weighted by Gasteiger charge is -2.47. The molecule has 0 bridgehead atoms. The highest BCUT2D eigenvalue weighted by Gasteiger charge is 2.47. The van der Waals surface area contributed by atoms with Gasteiger partial charge in [0, 0.05) is 6.04 Å². The molecule has 2 fully saturated rings. The molecule has 7 heteroatoms. The van der Waals surface area contributed by atoms with Crippen LogP contribution in [0.25, 0.3) is 0 Å². The van der Waals surface area contributed by atoms with Crippen molar-refractivity contribution in [2.45, 2.75) is 60.8 Å². The molecule has 2 aliphatic rings. The molecule has 0 aromatic heterocycles. The summed E-state index contributed by atoms with van der Waals surface area (Å²) in [5.41, 5.74) is 0. The van der Waals surface area contributed by atoms with Crippen LogP contribution in [0.2, 0.25) is 0 Å². The Balaban J connectivity index is 2.03. The van der Waals surface area contributed by atoms with Gasteiger partial charge >= 0.3 is 6.09 Å². The summed E-state index contributed by atoms with van der Waals surface area (Å²) in [6.45, 7) is 1.59. The molecule has 108 valence electrons. The quantitative estimate of drug-likeness (QED) is 0.380. The van der Waals surface area contributed by atoms with Gasteiger partial charge in [0.05, 0.1) is 9.59 Å². The fourth-order valence-corrected chi connectivity index (χ4v) is 3.70. The van der Waals surface area contributed by atoms with Crippen LogP contribution in [0.15, 0.2) is 0 Å². The van der Waals surface area contributed by atoms with Gasteiger partial charge in [0.15, 0.2) is 6.10 Å². The van der Waals surface area contributed by atoms with Gasteiger partial charge in [0.1, 0.15) is 0 Å². The van der Waals surface area contributed by atoms with Crippen molar-refractivity contribution in [2.24, 2.45) is 0 Å². The van der Waals surface area contributed by atoms with Crippen molar-refractivity contribution in [3.05, 3.63) is 0 Å². The molecular formula is C12H19IN2O4. The van der Waals surface area contributed by atoms with Gasteiger partial charge in [-0.3, -0.25) is 9.69 Å². The van der Waals surface area contributed by atoms with E-state index in [-0.39, 0.29) is 6.04 Å². The van der Waals surface area contributed by atoms with E-state index < -0.39 is 27.7 Å². The monoisotopic (exact) mass is 382 g/mol. The second-order valence-corrected chi connectivity index (χ2v) is 7.40. The lowest BCUT2D eigenvalue weighted by molar-refractivity contribution is -0.133. The van der Waals surface area contributed by atoms with E-state index in [0.29, 0.717) is 0 Å². The number of hydrogen-bond donors (Lipinski definition) is 3. The Labute approximate surface area is 125 Å². The van der Waals surface area contributed by atoms with Crippen molar-refractivity contribution >= 4 is 34.6 Å². The number of carbonyl (C=O) groups is 2. The highest BCUT2D eigenvalue weighted by Crippen LogP contribution is 2.45. The van der Waals surface area contributed by atoms with E-state index in [4.69, 9.17) is 0 Å². The number of aliphatic hydroxyl groups is 1. The van der Waals surface area contributed by atoms with Crippen LogP contribution >= 0.6 is 22.6 Å². The third kappa shape index (κ3) is 3.13. The molecule has 0 saturated heterocycles. The van der Waals surface area contributed by atoms with Gasteiger partial charge in [-0.05, 0) is 39.0 Å². The molecule has 2 atom stereocenters. The van der Waals surface area contributed by atoms with Gasteiger partial charge in [-0.2, -0.15) is 0 Å². The highest BCUT2D eigenvalue weighted by molar-refractivity contribution is 14.1. The third-order valence-electron chi connectivity index (χ3n) is 3.81. The van der Waals surface area contributed by atoms with Crippen LogP contribution in [-0.2, 0) is 4.79 Å². The van der Waals surface area contributed by atoms with Gasteiger partial charge in [0.25, 0.3) is 5.91 Å². The van der Waals surface area contributed by atoms with E-state index in [1.54, 1.807) is 6.92 Å². The average molecular weight is 382 g/mol. The number of nitrogens with one attached hydrogen (secondary N) is 1. The summed E-state index contributed by atoms with van der Waals surface area (Å²) in [7, 11) is 0. The zero-order chi connectivity index (χ0) is 14.2. The number of hydrogen-bond acceptors (Lipinski definition) is 3. The second kappa shape index (κ2) is 5.43. The van der Waals surface area contributed by atoms with Crippen molar-refractivity contribution in [3.8, 4) is 0 Å². The minimum atomic E-state index is -1.32. The van der Waals surface area contributed by atoms with E-state index in [9.17, 15) is 19.8 Å². The zero-order valence-electron chi connectivity index (χ0n) is 10.8. The predicted octanol–water partition coefficient (Wildman–Crippen LogP) is 1.31. The van der Waals surface area contributed by atoms with Crippen LogP contribution in [0, 0.1) is 0 Å². The molecule has 2 saturated carbocycles. The maximum Gasteiger partial charge on any atom is 0.408 e. The number of carbonyl (C=O) groups excluding carboxylic acids is 1. The lowest BCUT2D eigenvalue weighted by Crippen LogP contribution is -2.60. The lowest BCUT2D eigenvalue weighted by atomic mass is 9.90. The Bertz CT molecular complexity index is 382. The minimum Gasteiger partial charge on any atom is -0.465 e. The Hall–Kier alpha value is -0.570. The first-order valence-electron chi connectivity index (χ1n) is 6.55. The van der Waals surface area contributed by atoms with Crippen molar-refractivity contribution in [1.82, 2.24) is 10.2 Å². The number of aliphatic hydroxyl groups excluding tert-OH is 1. The minimum absolute atomic E-state index is 0.157. The summed E-state index contributed by atoms with van der Waals surface area (Å²) in [5, 5.41) is 22.1. The Morgan fingerprint density at radius 1 is 1.42 bits per heavy atom. The smallest absolute Gasteiger partial charge is 0.408 e. The van der Waals surface area contributed by atoms with E-state index >= 15 is 0 Å². The topological polar surface area (TPSA) is 89.9 Å². The predicted molar refractivity (Wildman–Crippen MR) is 77.1 cm³/mol. The van der Waals surface area contributed by atoms with Gasteiger partial charge < -0.3 is 15.5 Å². The normalized spacial score (nSPS) is 23.9. The average Bonchev–Trinajstić information content (AvgIpc) is 3.09. The fraction of sp³-hybridized carbons (Fsp3) is 0.833. The number of alkyl halides is 1. The summed E-state index contributed by atoms with van der Waals surface area (Å²) in [4.78, 5) is 24.5. The third-order valence-corrected chi connectivity index (χ3v) is 5.41. The number of amides is 2. The van der Waals surface area contributed by atoms with Gasteiger partial charge in [-0.1, -0.05) is 22.6 Å². The maximum atomic E-state index is 11.8. The number of nitrogens with zero attached hydrogens (tertiary/aromatic N) is 1. The van der Waals surface area contributed by atoms with Crippen LogP contribution in [0.5, 0.6) is 0 Å². The SMILES string of the molecule is CC(C(O)C(=O)NC1CC1)N(C(=O)O)C1(I)CCC1. The Kier molecular flexibility index (Phi) is 4.24. The van der Waals surface area contributed by atoms with Crippen LogP contribution in [0.4, 0.5) is 4.79 Å². The molecule has 19 heavy (non-hydrogen) atoms. The van der Waals surface area contributed by atoms with Gasteiger partial charge in [-0.15, -0.1) is 0 Å². The van der Waals surface area contributed by atoms with Crippen LogP contribution in [0.1, 0.15) is 39.0 Å². The van der Waals surface area contributed by atoms with Crippen molar-refractivity contribution in [1.29, 1.82) is 0 Å². The number of rotatable bonds is 5. The summed E-state index contributed by atoms with van der Waals surface area (Å²) in [6, 6.07) is -0.585. The summed E-state index contributed by atoms with van der Waals surface area (Å²) < 4.78 is -0.482. The summed E-state index contributed by atoms with van der Waals surface area (Å²) in [5.74, 6) is -0.472. The number of carboxylic acid groups (broad SMARTS) is 1. The molecule has 0 aromatic carbocycles. The molecule has 6 nitrogen and oxygen atoms in total. The first-order valence-corrected chi connectivity index (χ1v) is 7.62. The molecule has 0 aliphatic heterocycles.